The maximum atomic E-state index is 12.6. The molecular formula is C18H20N2O5S2. The van der Waals surface area contributed by atoms with Crippen LogP contribution >= 0.6 is 0 Å². The fourth-order valence-electron chi connectivity index (χ4n) is 2.88. The van der Waals surface area contributed by atoms with Crippen LogP contribution in [0.25, 0.3) is 0 Å². The monoisotopic (exact) mass is 408 g/mol. The molecule has 0 aromatic heterocycles. The lowest BCUT2D eigenvalue weighted by atomic mass is 10.2. The van der Waals surface area contributed by atoms with E-state index in [0.717, 1.165) is 12.8 Å². The highest BCUT2D eigenvalue weighted by atomic mass is 32.2. The first-order valence-corrected chi connectivity index (χ1v) is 11.4. The van der Waals surface area contributed by atoms with E-state index in [-0.39, 0.29) is 21.3 Å². The molecule has 27 heavy (non-hydrogen) atoms. The number of sulfonamides is 2. The summed E-state index contributed by atoms with van der Waals surface area (Å²) < 4.78 is 54.2. The van der Waals surface area contributed by atoms with Gasteiger partial charge in [-0.3, -0.25) is 9.52 Å². The van der Waals surface area contributed by atoms with E-state index in [9.17, 15) is 21.6 Å². The second-order valence-electron chi connectivity index (χ2n) is 6.33. The molecule has 9 heteroatoms. The maximum absolute atomic E-state index is 12.6. The number of ketones is 1. The molecule has 1 aliphatic heterocycles. The molecule has 0 atom stereocenters. The summed E-state index contributed by atoms with van der Waals surface area (Å²) in [5.41, 5.74) is 0.568. The number of rotatable bonds is 6. The molecule has 1 heterocycles. The second kappa shape index (κ2) is 7.41. The fraction of sp³-hybridized carbons (Fsp3) is 0.278. The Morgan fingerprint density at radius 3 is 2.15 bits per heavy atom. The van der Waals surface area contributed by atoms with Crippen LogP contribution in [0.4, 0.5) is 5.69 Å². The van der Waals surface area contributed by atoms with Crippen molar-refractivity contribution in [3.8, 4) is 0 Å². The Balaban J connectivity index is 1.86. The van der Waals surface area contributed by atoms with Crippen molar-refractivity contribution in [1.82, 2.24) is 4.31 Å². The molecule has 1 aliphatic rings. The van der Waals surface area contributed by atoms with Gasteiger partial charge in [-0.1, -0.05) is 18.2 Å². The number of carbonyl (C=O) groups excluding carboxylic acids is 1. The first kappa shape index (κ1) is 19.5. The minimum atomic E-state index is -3.91. The predicted molar refractivity (Wildman–Crippen MR) is 102 cm³/mol. The summed E-state index contributed by atoms with van der Waals surface area (Å²) >= 11 is 0. The number of benzene rings is 2. The van der Waals surface area contributed by atoms with Gasteiger partial charge in [-0.2, -0.15) is 4.31 Å². The molecular weight excluding hydrogens is 388 g/mol. The zero-order valence-corrected chi connectivity index (χ0v) is 16.4. The van der Waals surface area contributed by atoms with E-state index in [1.807, 2.05) is 0 Å². The predicted octanol–water partition coefficient (Wildman–Crippen LogP) is 2.47. The van der Waals surface area contributed by atoms with Crippen molar-refractivity contribution in [2.24, 2.45) is 0 Å². The number of nitrogens with one attached hydrogen (secondary N) is 1. The fourth-order valence-corrected chi connectivity index (χ4v) is 5.49. The van der Waals surface area contributed by atoms with Gasteiger partial charge in [-0.05, 0) is 50.1 Å². The van der Waals surface area contributed by atoms with E-state index < -0.39 is 20.0 Å². The van der Waals surface area contributed by atoms with Gasteiger partial charge in [-0.25, -0.2) is 16.8 Å². The zero-order valence-electron chi connectivity index (χ0n) is 14.8. The van der Waals surface area contributed by atoms with Crippen LogP contribution < -0.4 is 4.72 Å². The van der Waals surface area contributed by atoms with E-state index in [2.05, 4.69) is 4.72 Å². The minimum absolute atomic E-state index is 0.0136. The van der Waals surface area contributed by atoms with Crippen LogP contribution in [-0.2, 0) is 20.0 Å². The van der Waals surface area contributed by atoms with Crippen molar-refractivity contribution in [2.45, 2.75) is 29.6 Å². The van der Waals surface area contributed by atoms with Crippen LogP contribution in [-0.4, -0.2) is 40.0 Å². The zero-order chi connectivity index (χ0) is 19.7. The van der Waals surface area contributed by atoms with Gasteiger partial charge in [0.15, 0.2) is 5.78 Å². The topological polar surface area (TPSA) is 101 Å². The summed E-state index contributed by atoms with van der Waals surface area (Å²) in [4.78, 5) is 11.4. The van der Waals surface area contributed by atoms with E-state index in [4.69, 9.17) is 0 Å². The molecule has 3 rings (SSSR count). The highest BCUT2D eigenvalue weighted by Gasteiger charge is 2.27. The van der Waals surface area contributed by atoms with Crippen LogP contribution in [0.2, 0.25) is 0 Å². The number of nitrogens with zero attached hydrogens (tertiary/aromatic N) is 1. The quantitative estimate of drug-likeness (QED) is 0.740. The van der Waals surface area contributed by atoms with Gasteiger partial charge in [0.25, 0.3) is 10.0 Å². The molecule has 144 valence electrons. The van der Waals surface area contributed by atoms with Crippen molar-refractivity contribution in [2.75, 3.05) is 17.8 Å². The molecule has 2 aromatic rings. The molecule has 0 spiro atoms. The number of hydrogen-bond donors (Lipinski definition) is 1. The first-order chi connectivity index (χ1) is 12.7. The van der Waals surface area contributed by atoms with Crippen LogP contribution in [0.1, 0.15) is 30.1 Å². The van der Waals surface area contributed by atoms with Gasteiger partial charge in [-0.15, -0.1) is 0 Å². The summed E-state index contributed by atoms with van der Waals surface area (Å²) in [5.74, 6) is -0.160. The molecule has 1 N–H and O–H groups in total. The molecule has 0 radical (unpaired) electrons. The highest BCUT2D eigenvalue weighted by Crippen LogP contribution is 2.24. The Morgan fingerprint density at radius 2 is 1.56 bits per heavy atom. The van der Waals surface area contributed by atoms with E-state index >= 15 is 0 Å². The van der Waals surface area contributed by atoms with Crippen LogP contribution in [0, 0.1) is 0 Å². The summed E-state index contributed by atoms with van der Waals surface area (Å²) in [5, 5.41) is 0. The number of carbonyl (C=O) groups is 1. The first-order valence-electron chi connectivity index (χ1n) is 8.44. The summed E-state index contributed by atoms with van der Waals surface area (Å²) in [7, 11) is -7.54. The van der Waals surface area contributed by atoms with Crippen LogP contribution in [0.5, 0.6) is 0 Å². The third-order valence-corrected chi connectivity index (χ3v) is 7.65. The SMILES string of the molecule is CC(=O)c1ccc(S(=O)(=O)Nc2cccc(S(=O)(=O)N3CCCC3)c2)cc1. The lowest BCUT2D eigenvalue weighted by Gasteiger charge is -2.16. The average Bonchev–Trinajstić information content (AvgIpc) is 3.17. The maximum Gasteiger partial charge on any atom is 0.261 e. The van der Waals surface area contributed by atoms with Gasteiger partial charge < -0.3 is 0 Å². The van der Waals surface area contributed by atoms with Gasteiger partial charge >= 0.3 is 0 Å². The van der Waals surface area contributed by atoms with E-state index in [1.165, 1.54) is 59.8 Å². The Morgan fingerprint density at radius 1 is 0.926 bits per heavy atom. The molecule has 1 saturated heterocycles. The summed E-state index contributed by atoms with van der Waals surface area (Å²) in [6.45, 7) is 2.34. The number of hydrogen-bond acceptors (Lipinski definition) is 5. The standard InChI is InChI=1S/C18H20N2O5S2/c1-14(21)15-7-9-17(10-8-15)26(22,23)19-16-5-4-6-18(13-16)27(24,25)20-11-2-3-12-20/h4-10,13,19H,2-3,11-12H2,1H3. The van der Waals surface area contributed by atoms with Crippen molar-refractivity contribution in [3.05, 3.63) is 54.1 Å². The third-order valence-electron chi connectivity index (χ3n) is 4.36. The van der Waals surface area contributed by atoms with Crippen LogP contribution in [0.3, 0.4) is 0 Å². The molecule has 2 aromatic carbocycles. The normalized spacial score (nSPS) is 15.6. The van der Waals surface area contributed by atoms with Gasteiger partial charge in [0.2, 0.25) is 10.0 Å². The minimum Gasteiger partial charge on any atom is -0.295 e. The molecule has 0 unspecified atom stereocenters. The van der Waals surface area contributed by atoms with E-state index in [1.54, 1.807) is 0 Å². The van der Waals surface area contributed by atoms with Crippen LogP contribution in [0.15, 0.2) is 58.3 Å². The van der Waals surface area contributed by atoms with Gasteiger partial charge in [0, 0.05) is 18.7 Å². The number of anilines is 1. The Labute approximate surface area is 159 Å². The number of Topliss-reactive ketones (excluding diaryl/α,β-unsaturated/α-hetero) is 1. The van der Waals surface area contributed by atoms with Gasteiger partial charge in [0.1, 0.15) is 0 Å². The lowest BCUT2D eigenvalue weighted by Crippen LogP contribution is -2.27. The summed E-state index contributed by atoms with van der Waals surface area (Å²) in [6.07, 6.45) is 1.64. The van der Waals surface area contributed by atoms with Crippen molar-refractivity contribution in [1.29, 1.82) is 0 Å². The van der Waals surface area contributed by atoms with Crippen molar-refractivity contribution in [3.63, 3.8) is 0 Å². The molecule has 0 aliphatic carbocycles. The Hall–Kier alpha value is -2.23. The van der Waals surface area contributed by atoms with Gasteiger partial charge in [0.05, 0.1) is 15.5 Å². The lowest BCUT2D eigenvalue weighted by molar-refractivity contribution is 0.101. The Kier molecular flexibility index (Phi) is 5.36. The Bertz CT molecular complexity index is 1060. The smallest absolute Gasteiger partial charge is 0.261 e. The molecule has 1 fully saturated rings. The average molecular weight is 409 g/mol. The molecule has 0 bridgehead atoms. The summed E-state index contributed by atoms with van der Waals surface area (Å²) in [6, 6.07) is 11.3. The molecule has 0 saturated carbocycles. The largest absolute Gasteiger partial charge is 0.295 e. The second-order valence-corrected chi connectivity index (χ2v) is 9.95. The van der Waals surface area contributed by atoms with E-state index in [0.29, 0.717) is 18.7 Å². The molecule has 7 nitrogen and oxygen atoms in total. The third kappa shape index (κ3) is 4.20. The van der Waals surface area contributed by atoms with Crippen molar-refractivity contribution >= 4 is 31.5 Å². The highest BCUT2D eigenvalue weighted by molar-refractivity contribution is 7.92. The molecule has 0 amide bonds. The van der Waals surface area contributed by atoms with Crippen molar-refractivity contribution < 1.29 is 21.6 Å².